The molecule has 0 heterocycles. The average molecular weight is 221 g/mol. The Balaban J connectivity index is 2.63. The molecule has 0 spiro atoms. The molecule has 1 aliphatic rings. The molecule has 1 aliphatic carbocycles. The maximum Gasteiger partial charge on any atom is 0.214 e. The molecule has 1 rings (SSSR count). The first-order chi connectivity index (χ1) is 6.47. The lowest BCUT2D eigenvalue weighted by atomic mass is 10.4. The van der Waals surface area contributed by atoms with Crippen LogP contribution in [0.25, 0.3) is 0 Å². The quantitative estimate of drug-likeness (QED) is 0.707. The summed E-state index contributed by atoms with van der Waals surface area (Å²) in [6.07, 6.45) is 2.06. The Morgan fingerprint density at radius 2 is 2.00 bits per heavy atom. The van der Waals surface area contributed by atoms with Crippen molar-refractivity contribution >= 4 is 10.0 Å². The zero-order valence-corrected chi connectivity index (χ0v) is 9.63. The molecule has 84 valence electrons. The van der Waals surface area contributed by atoms with E-state index in [0.29, 0.717) is 5.92 Å². The van der Waals surface area contributed by atoms with Gasteiger partial charge in [-0.2, -0.15) is 4.31 Å². The van der Waals surface area contributed by atoms with Crippen LogP contribution in [0.4, 0.5) is 0 Å². The lowest BCUT2D eigenvalue weighted by molar-refractivity contribution is 0.236. The molecule has 0 amide bonds. The summed E-state index contributed by atoms with van der Waals surface area (Å²) < 4.78 is 25.0. The fourth-order valence-corrected chi connectivity index (χ4v) is 3.62. The highest BCUT2D eigenvalue weighted by molar-refractivity contribution is 7.89. The fourth-order valence-electron chi connectivity index (χ4n) is 1.50. The molecule has 0 aliphatic heterocycles. The van der Waals surface area contributed by atoms with E-state index in [0.717, 1.165) is 12.8 Å². The first-order valence-electron chi connectivity index (χ1n) is 5.07. The predicted octanol–water partition coefficient (Wildman–Crippen LogP) is 0.429. The van der Waals surface area contributed by atoms with E-state index in [1.807, 2.05) is 13.8 Å². The van der Waals surface area contributed by atoms with E-state index in [1.165, 1.54) is 4.31 Å². The Hall–Kier alpha value is -0.130. The Kier molecular flexibility index (Phi) is 3.92. The number of nitrogens with zero attached hydrogens (tertiary/aromatic N) is 1. The molecule has 0 aromatic heterocycles. The van der Waals surface area contributed by atoms with Crippen LogP contribution in [0, 0.1) is 5.92 Å². The molecule has 0 atom stereocenters. The van der Waals surface area contributed by atoms with Crippen LogP contribution >= 0.6 is 0 Å². The van der Waals surface area contributed by atoms with Gasteiger partial charge in [0.1, 0.15) is 0 Å². The van der Waals surface area contributed by atoms with Crippen LogP contribution in [0.3, 0.4) is 0 Å². The minimum atomic E-state index is -3.15. The number of sulfonamides is 1. The number of hydrogen-bond donors (Lipinski definition) is 1. The third kappa shape index (κ3) is 3.22. The molecular weight excluding hydrogens is 202 g/mol. The largest absolute Gasteiger partial charge is 0.395 e. The summed E-state index contributed by atoms with van der Waals surface area (Å²) in [5, 5.41) is 8.79. The van der Waals surface area contributed by atoms with E-state index in [4.69, 9.17) is 5.11 Å². The predicted molar refractivity (Wildman–Crippen MR) is 55.4 cm³/mol. The summed E-state index contributed by atoms with van der Waals surface area (Å²) >= 11 is 0. The van der Waals surface area contributed by atoms with Crippen LogP contribution < -0.4 is 0 Å². The van der Waals surface area contributed by atoms with E-state index >= 15 is 0 Å². The van der Waals surface area contributed by atoms with Crippen LogP contribution in [-0.2, 0) is 10.0 Å². The summed E-state index contributed by atoms with van der Waals surface area (Å²) in [5.41, 5.74) is 0. The Morgan fingerprint density at radius 3 is 2.36 bits per heavy atom. The molecule has 14 heavy (non-hydrogen) atoms. The smallest absolute Gasteiger partial charge is 0.214 e. The van der Waals surface area contributed by atoms with Gasteiger partial charge in [-0.25, -0.2) is 8.42 Å². The van der Waals surface area contributed by atoms with E-state index < -0.39 is 10.0 Å². The van der Waals surface area contributed by atoms with Gasteiger partial charge in [-0.05, 0) is 32.6 Å². The van der Waals surface area contributed by atoms with Gasteiger partial charge in [0.2, 0.25) is 10.0 Å². The van der Waals surface area contributed by atoms with Gasteiger partial charge in [0.25, 0.3) is 0 Å². The Labute approximate surface area is 86.0 Å². The first kappa shape index (κ1) is 11.9. The molecule has 0 saturated heterocycles. The van der Waals surface area contributed by atoms with Crippen molar-refractivity contribution in [2.75, 3.05) is 18.9 Å². The van der Waals surface area contributed by atoms with Gasteiger partial charge in [-0.15, -0.1) is 0 Å². The molecule has 4 nitrogen and oxygen atoms in total. The van der Waals surface area contributed by atoms with Crippen LogP contribution in [0.15, 0.2) is 0 Å². The van der Waals surface area contributed by atoms with Gasteiger partial charge in [0.05, 0.1) is 12.4 Å². The Morgan fingerprint density at radius 1 is 1.43 bits per heavy atom. The minimum absolute atomic E-state index is 0.0640. The monoisotopic (exact) mass is 221 g/mol. The van der Waals surface area contributed by atoms with Gasteiger partial charge in [0, 0.05) is 12.6 Å². The van der Waals surface area contributed by atoms with E-state index in [-0.39, 0.29) is 24.9 Å². The van der Waals surface area contributed by atoms with Crippen LogP contribution in [0.2, 0.25) is 0 Å². The zero-order chi connectivity index (χ0) is 10.8. The van der Waals surface area contributed by atoms with Gasteiger partial charge >= 0.3 is 0 Å². The van der Waals surface area contributed by atoms with Crippen molar-refractivity contribution in [3.05, 3.63) is 0 Å². The second-order valence-corrected chi connectivity index (χ2v) is 6.12. The van der Waals surface area contributed by atoms with E-state index in [1.54, 1.807) is 0 Å². The highest BCUT2D eigenvalue weighted by Gasteiger charge is 2.32. The molecule has 1 saturated carbocycles. The standard InChI is InChI=1S/C9H19NO3S/c1-8(2)10(5-6-11)14(12,13)7-9-3-4-9/h8-9,11H,3-7H2,1-2H3. The molecule has 1 N–H and O–H groups in total. The average Bonchev–Trinajstić information content (AvgIpc) is 2.82. The summed E-state index contributed by atoms with van der Waals surface area (Å²) in [6.45, 7) is 3.77. The van der Waals surface area contributed by atoms with Gasteiger partial charge < -0.3 is 5.11 Å². The van der Waals surface area contributed by atoms with Crippen molar-refractivity contribution in [3.8, 4) is 0 Å². The summed E-state index contributed by atoms with van der Waals surface area (Å²) in [5.74, 6) is 0.616. The second-order valence-electron chi connectivity index (χ2n) is 4.15. The normalized spacial score (nSPS) is 18.1. The van der Waals surface area contributed by atoms with Crippen molar-refractivity contribution in [1.82, 2.24) is 4.31 Å². The van der Waals surface area contributed by atoms with Crippen molar-refractivity contribution in [3.63, 3.8) is 0 Å². The van der Waals surface area contributed by atoms with E-state index in [2.05, 4.69) is 0 Å². The van der Waals surface area contributed by atoms with Crippen LogP contribution in [0.1, 0.15) is 26.7 Å². The van der Waals surface area contributed by atoms with Crippen molar-refractivity contribution in [1.29, 1.82) is 0 Å². The summed E-state index contributed by atoms with van der Waals surface area (Å²) in [6, 6.07) is -0.0640. The molecule has 0 unspecified atom stereocenters. The Bertz CT molecular complexity index is 270. The maximum atomic E-state index is 11.8. The van der Waals surface area contributed by atoms with Crippen LogP contribution in [-0.4, -0.2) is 42.8 Å². The van der Waals surface area contributed by atoms with Gasteiger partial charge in [0.15, 0.2) is 0 Å². The summed E-state index contributed by atoms with van der Waals surface area (Å²) in [4.78, 5) is 0. The molecule has 0 aromatic rings. The van der Waals surface area contributed by atoms with E-state index in [9.17, 15) is 8.42 Å². The van der Waals surface area contributed by atoms with Crippen LogP contribution in [0.5, 0.6) is 0 Å². The SMILES string of the molecule is CC(C)N(CCO)S(=O)(=O)CC1CC1. The minimum Gasteiger partial charge on any atom is -0.395 e. The molecule has 1 fully saturated rings. The van der Waals surface area contributed by atoms with Crippen molar-refractivity contribution in [2.45, 2.75) is 32.7 Å². The summed E-state index contributed by atoms with van der Waals surface area (Å²) in [7, 11) is -3.15. The highest BCUT2D eigenvalue weighted by Crippen LogP contribution is 2.31. The third-order valence-corrected chi connectivity index (χ3v) is 4.61. The van der Waals surface area contributed by atoms with Crippen molar-refractivity contribution < 1.29 is 13.5 Å². The lowest BCUT2D eigenvalue weighted by Crippen LogP contribution is -2.40. The second kappa shape index (κ2) is 4.59. The fraction of sp³-hybridized carbons (Fsp3) is 1.00. The number of hydrogen-bond acceptors (Lipinski definition) is 3. The van der Waals surface area contributed by atoms with Crippen molar-refractivity contribution in [2.24, 2.45) is 5.92 Å². The lowest BCUT2D eigenvalue weighted by Gasteiger charge is -2.24. The molecule has 5 heteroatoms. The number of aliphatic hydroxyl groups excluding tert-OH is 1. The zero-order valence-electron chi connectivity index (χ0n) is 8.81. The topological polar surface area (TPSA) is 57.6 Å². The first-order valence-corrected chi connectivity index (χ1v) is 6.68. The highest BCUT2D eigenvalue weighted by atomic mass is 32.2. The molecule has 0 aromatic carbocycles. The van der Waals surface area contributed by atoms with Gasteiger partial charge in [-0.3, -0.25) is 0 Å². The molecule has 0 bridgehead atoms. The third-order valence-electron chi connectivity index (χ3n) is 2.40. The molecular formula is C9H19NO3S. The maximum absolute atomic E-state index is 11.8. The number of rotatable bonds is 6. The number of aliphatic hydroxyl groups is 1. The van der Waals surface area contributed by atoms with Gasteiger partial charge in [-0.1, -0.05) is 0 Å². The molecule has 0 radical (unpaired) electrons.